The lowest BCUT2D eigenvalue weighted by molar-refractivity contribution is 0.286. The lowest BCUT2D eigenvalue weighted by Gasteiger charge is -2.14. The summed E-state index contributed by atoms with van der Waals surface area (Å²) < 4.78 is 5.92. The number of nitrogens with one attached hydrogen (secondary N) is 1. The highest BCUT2D eigenvalue weighted by Gasteiger charge is 2.08. The summed E-state index contributed by atoms with van der Waals surface area (Å²) in [6.45, 7) is 6.22. The van der Waals surface area contributed by atoms with Crippen molar-refractivity contribution >= 4 is 17.0 Å². The van der Waals surface area contributed by atoms with Crippen LogP contribution in [0.2, 0.25) is 0 Å². The summed E-state index contributed by atoms with van der Waals surface area (Å²) in [5.74, 6) is 0.712. The number of nitrogens with two attached hydrogens (primary N) is 1. The van der Waals surface area contributed by atoms with Gasteiger partial charge in [-0.1, -0.05) is 43.0 Å². The number of fused-ring (bicyclic) bond motifs is 1. The smallest absolute Gasteiger partial charge is 0.138 e. The maximum atomic E-state index is 6.26. The number of aromatic amines is 1. The summed E-state index contributed by atoms with van der Waals surface area (Å²) in [7, 11) is 0. The first-order valence-electron chi connectivity index (χ1n) is 9.62. The van der Waals surface area contributed by atoms with Crippen molar-refractivity contribution in [2.45, 2.75) is 19.4 Å². The summed E-state index contributed by atoms with van der Waals surface area (Å²) in [5.41, 5.74) is 12.6. The number of nitrogens with zero attached hydrogens (tertiary/aromatic N) is 2. The summed E-state index contributed by atoms with van der Waals surface area (Å²) in [6, 6.07) is 16.3. The minimum atomic E-state index is -0.0989. The molecule has 0 spiro atoms. The molecule has 29 heavy (non-hydrogen) atoms. The molecule has 0 radical (unpaired) electrons. The molecule has 3 N–H and O–H groups in total. The van der Waals surface area contributed by atoms with E-state index in [1.807, 2.05) is 49.5 Å². The molecule has 2 aromatic heterocycles. The summed E-state index contributed by atoms with van der Waals surface area (Å²) in [5, 5.41) is 8.41. The van der Waals surface area contributed by atoms with Gasteiger partial charge >= 0.3 is 0 Å². The zero-order valence-electron chi connectivity index (χ0n) is 16.4. The molecule has 1 atom stereocenters. The Bertz CT molecular complexity index is 1130. The topological polar surface area (TPSA) is 76.8 Å². The molecule has 0 aliphatic rings. The number of ether oxygens (including phenoxy) is 1. The van der Waals surface area contributed by atoms with E-state index in [1.54, 1.807) is 6.20 Å². The second kappa shape index (κ2) is 8.29. The first-order valence-corrected chi connectivity index (χ1v) is 9.62. The van der Waals surface area contributed by atoms with Crippen molar-refractivity contribution in [3.05, 3.63) is 84.3 Å². The van der Waals surface area contributed by atoms with Crippen molar-refractivity contribution in [3.8, 4) is 16.9 Å². The van der Waals surface area contributed by atoms with Crippen molar-refractivity contribution in [1.82, 2.24) is 15.2 Å². The first kappa shape index (κ1) is 18.9. The average molecular weight is 384 g/mol. The number of benzene rings is 2. The standard InChI is InChI=1S/C24H24N4O/c1-3-17-4-6-18(7-5-17)10-21(25)15-29-22-11-20(13-26-14-22)19-8-9-24-23(12-19)16(2)27-28-24/h3-9,11-14,21H,1,10,15,25H2,2H3,(H,27,28)/t21-/m0/s1. The van der Waals surface area contributed by atoms with Crippen molar-refractivity contribution in [2.75, 3.05) is 6.61 Å². The second-order valence-corrected chi connectivity index (χ2v) is 7.21. The van der Waals surface area contributed by atoms with Gasteiger partial charge in [-0.3, -0.25) is 10.1 Å². The Morgan fingerprint density at radius 2 is 1.93 bits per heavy atom. The van der Waals surface area contributed by atoms with Crippen LogP contribution in [0.3, 0.4) is 0 Å². The largest absolute Gasteiger partial charge is 0.490 e. The van der Waals surface area contributed by atoms with Gasteiger partial charge < -0.3 is 10.5 Å². The summed E-state index contributed by atoms with van der Waals surface area (Å²) >= 11 is 0. The summed E-state index contributed by atoms with van der Waals surface area (Å²) in [4.78, 5) is 4.33. The number of hydrogen-bond acceptors (Lipinski definition) is 4. The highest BCUT2D eigenvalue weighted by Crippen LogP contribution is 2.27. The Kier molecular flexibility index (Phi) is 5.40. The number of hydrogen-bond donors (Lipinski definition) is 2. The van der Waals surface area contributed by atoms with Crippen LogP contribution in [0.1, 0.15) is 16.8 Å². The van der Waals surface area contributed by atoms with Gasteiger partial charge in [-0.25, -0.2) is 0 Å². The number of pyridine rings is 1. The number of aromatic nitrogens is 3. The van der Waals surface area contributed by atoms with Crippen LogP contribution in [0.25, 0.3) is 28.1 Å². The third-order valence-electron chi connectivity index (χ3n) is 4.97. The van der Waals surface area contributed by atoms with Crippen molar-refractivity contribution in [2.24, 2.45) is 5.73 Å². The third kappa shape index (κ3) is 4.36. The zero-order chi connectivity index (χ0) is 20.2. The SMILES string of the molecule is C=Cc1ccc(C[C@H](N)COc2cncc(-c3ccc4n[nH]c(C)c4c3)c2)cc1. The van der Waals surface area contributed by atoms with Crippen LogP contribution in [0.15, 0.2) is 67.5 Å². The molecule has 0 bridgehead atoms. The molecule has 5 nitrogen and oxygen atoms in total. The lowest BCUT2D eigenvalue weighted by Crippen LogP contribution is -2.30. The maximum absolute atomic E-state index is 6.26. The van der Waals surface area contributed by atoms with Crippen LogP contribution in [0.4, 0.5) is 0 Å². The molecule has 2 heterocycles. The number of aryl methyl sites for hydroxylation is 1. The predicted molar refractivity (Wildman–Crippen MR) is 118 cm³/mol. The molecule has 0 unspecified atom stereocenters. The molecular weight excluding hydrogens is 360 g/mol. The van der Waals surface area contributed by atoms with Crippen LogP contribution in [0.5, 0.6) is 5.75 Å². The van der Waals surface area contributed by atoms with E-state index in [-0.39, 0.29) is 6.04 Å². The molecule has 2 aromatic carbocycles. The Hall–Kier alpha value is -3.44. The van der Waals surface area contributed by atoms with Crippen molar-refractivity contribution < 1.29 is 4.74 Å². The Morgan fingerprint density at radius 1 is 1.10 bits per heavy atom. The Morgan fingerprint density at radius 3 is 2.72 bits per heavy atom. The molecule has 146 valence electrons. The van der Waals surface area contributed by atoms with E-state index in [4.69, 9.17) is 10.5 Å². The van der Waals surface area contributed by atoms with Gasteiger partial charge in [-0.15, -0.1) is 0 Å². The van der Waals surface area contributed by atoms with Gasteiger partial charge in [0.1, 0.15) is 12.4 Å². The minimum absolute atomic E-state index is 0.0989. The van der Waals surface area contributed by atoms with Crippen LogP contribution < -0.4 is 10.5 Å². The van der Waals surface area contributed by atoms with Crippen LogP contribution in [0, 0.1) is 6.92 Å². The molecule has 5 heteroatoms. The minimum Gasteiger partial charge on any atom is -0.490 e. The van der Waals surface area contributed by atoms with Gasteiger partial charge in [0.05, 0.1) is 11.7 Å². The summed E-state index contributed by atoms with van der Waals surface area (Å²) in [6.07, 6.45) is 6.14. The third-order valence-corrected chi connectivity index (χ3v) is 4.97. The quantitative estimate of drug-likeness (QED) is 0.491. The van der Waals surface area contributed by atoms with E-state index >= 15 is 0 Å². The second-order valence-electron chi connectivity index (χ2n) is 7.21. The van der Waals surface area contributed by atoms with Gasteiger partial charge in [0, 0.05) is 28.9 Å². The van der Waals surface area contributed by atoms with E-state index in [0.29, 0.717) is 12.4 Å². The molecule has 0 aliphatic heterocycles. The highest BCUT2D eigenvalue weighted by molar-refractivity contribution is 5.86. The van der Waals surface area contributed by atoms with E-state index in [1.165, 1.54) is 5.56 Å². The van der Waals surface area contributed by atoms with Crippen LogP contribution in [-0.4, -0.2) is 27.8 Å². The molecule has 0 aliphatic carbocycles. The van der Waals surface area contributed by atoms with Gasteiger partial charge in [0.15, 0.2) is 0 Å². The molecule has 0 amide bonds. The fourth-order valence-electron chi connectivity index (χ4n) is 3.33. The average Bonchev–Trinajstić information content (AvgIpc) is 3.13. The number of rotatable bonds is 7. The highest BCUT2D eigenvalue weighted by atomic mass is 16.5. The van der Waals surface area contributed by atoms with Gasteiger partial charge in [0.25, 0.3) is 0 Å². The molecule has 4 rings (SSSR count). The van der Waals surface area contributed by atoms with Crippen LogP contribution in [-0.2, 0) is 6.42 Å². The normalized spacial score (nSPS) is 12.1. The Balaban J connectivity index is 1.42. The fourth-order valence-corrected chi connectivity index (χ4v) is 3.33. The van der Waals surface area contributed by atoms with Gasteiger partial charge in [-0.05, 0) is 48.2 Å². The van der Waals surface area contributed by atoms with E-state index in [2.05, 4.69) is 40.0 Å². The van der Waals surface area contributed by atoms with Gasteiger partial charge in [-0.2, -0.15) is 5.10 Å². The van der Waals surface area contributed by atoms with E-state index in [9.17, 15) is 0 Å². The Labute approximate surface area is 170 Å². The molecule has 4 aromatic rings. The molecular formula is C24H24N4O. The van der Waals surface area contributed by atoms with Gasteiger partial charge in [0.2, 0.25) is 0 Å². The van der Waals surface area contributed by atoms with Crippen molar-refractivity contribution in [1.29, 1.82) is 0 Å². The molecule has 0 saturated heterocycles. The van der Waals surface area contributed by atoms with Crippen molar-refractivity contribution in [3.63, 3.8) is 0 Å². The van der Waals surface area contributed by atoms with Crippen LogP contribution >= 0.6 is 0 Å². The van der Waals surface area contributed by atoms with E-state index < -0.39 is 0 Å². The molecule has 0 saturated carbocycles. The fraction of sp³-hybridized carbons (Fsp3) is 0.167. The maximum Gasteiger partial charge on any atom is 0.138 e. The predicted octanol–water partition coefficient (Wildman–Crippen LogP) is 4.53. The zero-order valence-corrected chi connectivity index (χ0v) is 16.4. The number of H-pyrrole nitrogens is 1. The molecule has 0 fully saturated rings. The first-order chi connectivity index (χ1) is 14.1. The van der Waals surface area contributed by atoms with E-state index in [0.717, 1.165) is 39.7 Å². The monoisotopic (exact) mass is 384 g/mol. The lowest BCUT2D eigenvalue weighted by atomic mass is 10.0.